The number of likely N-dealkylation sites (N-methyl/N-ethyl adjacent to an activating group) is 1. The maximum absolute atomic E-state index is 12.0. The van der Waals surface area contributed by atoms with E-state index < -0.39 is 0 Å². The number of nitrogens with one attached hydrogen (secondary N) is 2. The highest BCUT2D eigenvalue weighted by molar-refractivity contribution is 5.78. The van der Waals surface area contributed by atoms with Crippen molar-refractivity contribution < 1.29 is 4.79 Å². The number of amides is 1. The SMILES string of the molecule is Cc1ccccc1C(C)NC(=O)CN(C)C1CNC1. The number of carbonyl (C=O) groups excluding carboxylic acids is 1. The van der Waals surface area contributed by atoms with Crippen LogP contribution in [0.25, 0.3) is 0 Å². The van der Waals surface area contributed by atoms with Crippen LogP contribution in [0, 0.1) is 6.92 Å². The molecular weight excluding hydrogens is 238 g/mol. The molecule has 1 aromatic carbocycles. The molecule has 1 fully saturated rings. The van der Waals surface area contributed by atoms with Gasteiger partial charge in [0.25, 0.3) is 0 Å². The molecule has 0 bridgehead atoms. The molecule has 2 rings (SSSR count). The molecule has 2 N–H and O–H groups in total. The smallest absolute Gasteiger partial charge is 0.234 e. The van der Waals surface area contributed by atoms with Crippen molar-refractivity contribution in [2.45, 2.75) is 25.9 Å². The molecule has 0 saturated carbocycles. The van der Waals surface area contributed by atoms with Crippen molar-refractivity contribution in [2.75, 3.05) is 26.7 Å². The number of hydrogen-bond acceptors (Lipinski definition) is 3. The van der Waals surface area contributed by atoms with Gasteiger partial charge in [-0.05, 0) is 32.0 Å². The lowest BCUT2D eigenvalue weighted by atomic mass is 10.0. The predicted octanol–water partition coefficient (Wildman–Crippen LogP) is 1.08. The first-order valence-electron chi connectivity index (χ1n) is 6.83. The number of aryl methyl sites for hydroxylation is 1. The zero-order valence-corrected chi connectivity index (χ0v) is 11.9. The summed E-state index contributed by atoms with van der Waals surface area (Å²) in [5, 5.41) is 6.29. The van der Waals surface area contributed by atoms with Crippen LogP contribution in [0.15, 0.2) is 24.3 Å². The fraction of sp³-hybridized carbons (Fsp3) is 0.533. The molecular formula is C15H23N3O. The van der Waals surface area contributed by atoms with Gasteiger partial charge in [-0.15, -0.1) is 0 Å². The zero-order valence-electron chi connectivity index (χ0n) is 11.9. The number of benzene rings is 1. The summed E-state index contributed by atoms with van der Waals surface area (Å²) in [5.41, 5.74) is 2.40. The highest BCUT2D eigenvalue weighted by Crippen LogP contribution is 2.16. The van der Waals surface area contributed by atoms with E-state index in [1.54, 1.807) is 0 Å². The summed E-state index contributed by atoms with van der Waals surface area (Å²) in [6.45, 7) is 6.53. The molecule has 1 unspecified atom stereocenters. The Hall–Kier alpha value is -1.39. The van der Waals surface area contributed by atoms with Crippen LogP contribution in [0.2, 0.25) is 0 Å². The van der Waals surface area contributed by atoms with E-state index in [2.05, 4.69) is 34.6 Å². The molecule has 104 valence electrons. The first-order chi connectivity index (χ1) is 9.08. The van der Waals surface area contributed by atoms with Crippen LogP contribution in [0.4, 0.5) is 0 Å². The second-order valence-corrected chi connectivity index (χ2v) is 5.37. The highest BCUT2D eigenvalue weighted by Gasteiger charge is 2.23. The Morgan fingerprint density at radius 1 is 1.47 bits per heavy atom. The number of hydrogen-bond donors (Lipinski definition) is 2. The molecule has 1 aromatic rings. The normalized spacial score (nSPS) is 17.1. The van der Waals surface area contributed by atoms with Crippen LogP contribution in [0.5, 0.6) is 0 Å². The topological polar surface area (TPSA) is 44.4 Å². The minimum atomic E-state index is 0.0571. The molecule has 1 aliphatic heterocycles. The molecule has 4 nitrogen and oxygen atoms in total. The monoisotopic (exact) mass is 261 g/mol. The Balaban J connectivity index is 1.86. The third kappa shape index (κ3) is 3.55. The van der Waals surface area contributed by atoms with Crippen LogP contribution in [-0.2, 0) is 4.79 Å². The van der Waals surface area contributed by atoms with Gasteiger partial charge in [-0.3, -0.25) is 9.69 Å². The number of nitrogens with zero attached hydrogens (tertiary/aromatic N) is 1. The van der Waals surface area contributed by atoms with Crippen molar-refractivity contribution >= 4 is 5.91 Å². The molecule has 19 heavy (non-hydrogen) atoms. The summed E-state index contributed by atoms with van der Waals surface area (Å²) in [6, 6.07) is 8.73. The second kappa shape index (κ2) is 6.17. The van der Waals surface area contributed by atoms with Crippen molar-refractivity contribution in [3.05, 3.63) is 35.4 Å². The van der Waals surface area contributed by atoms with Crippen LogP contribution in [0.1, 0.15) is 24.1 Å². The van der Waals surface area contributed by atoms with E-state index in [9.17, 15) is 4.79 Å². The molecule has 0 radical (unpaired) electrons. The van der Waals surface area contributed by atoms with Gasteiger partial charge in [-0.1, -0.05) is 24.3 Å². The van der Waals surface area contributed by atoms with Crippen LogP contribution in [0.3, 0.4) is 0 Å². The standard InChI is InChI=1S/C15H23N3O/c1-11-6-4-5-7-14(11)12(2)17-15(19)10-18(3)13-8-16-9-13/h4-7,12-13,16H,8-10H2,1-3H3,(H,17,19). The number of rotatable bonds is 5. The third-order valence-electron chi connectivity index (χ3n) is 3.81. The average molecular weight is 261 g/mol. The van der Waals surface area contributed by atoms with E-state index >= 15 is 0 Å². The van der Waals surface area contributed by atoms with Crippen LogP contribution in [-0.4, -0.2) is 43.5 Å². The van der Waals surface area contributed by atoms with Gasteiger partial charge in [-0.2, -0.15) is 0 Å². The van der Waals surface area contributed by atoms with Gasteiger partial charge in [0.2, 0.25) is 5.91 Å². The van der Waals surface area contributed by atoms with E-state index in [1.807, 2.05) is 26.1 Å². The van der Waals surface area contributed by atoms with E-state index in [4.69, 9.17) is 0 Å². The summed E-state index contributed by atoms with van der Waals surface area (Å²) in [5.74, 6) is 0.0881. The first-order valence-corrected chi connectivity index (χ1v) is 6.83. The minimum absolute atomic E-state index is 0.0571. The Kier molecular flexibility index (Phi) is 4.56. The lowest BCUT2D eigenvalue weighted by Gasteiger charge is -2.35. The van der Waals surface area contributed by atoms with Gasteiger partial charge in [0.15, 0.2) is 0 Å². The minimum Gasteiger partial charge on any atom is -0.348 e. The largest absolute Gasteiger partial charge is 0.348 e. The molecule has 1 atom stereocenters. The van der Waals surface area contributed by atoms with E-state index in [1.165, 1.54) is 11.1 Å². The van der Waals surface area contributed by atoms with Gasteiger partial charge < -0.3 is 10.6 Å². The second-order valence-electron chi connectivity index (χ2n) is 5.37. The first kappa shape index (κ1) is 14.0. The Morgan fingerprint density at radius 2 is 2.16 bits per heavy atom. The molecule has 1 aliphatic rings. The van der Waals surface area contributed by atoms with Gasteiger partial charge in [0.1, 0.15) is 0 Å². The summed E-state index contributed by atoms with van der Waals surface area (Å²) in [7, 11) is 2.00. The summed E-state index contributed by atoms with van der Waals surface area (Å²) in [4.78, 5) is 14.1. The Morgan fingerprint density at radius 3 is 2.74 bits per heavy atom. The molecule has 0 spiro atoms. The van der Waals surface area contributed by atoms with Crippen molar-refractivity contribution in [1.29, 1.82) is 0 Å². The van der Waals surface area contributed by atoms with Gasteiger partial charge >= 0.3 is 0 Å². The maximum Gasteiger partial charge on any atom is 0.234 e. The zero-order chi connectivity index (χ0) is 13.8. The fourth-order valence-corrected chi connectivity index (χ4v) is 2.38. The van der Waals surface area contributed by atoms with Crippen LogP contribution >= 0.6 is 0 Å². The molecule has 0 aromatic heterocycles. The fourth-order valence-electron chi connectivity index (χ4n) is 2.38. The lowest BCUT2D eigenvalue weighted by Crippen LogP contribution is -2.57. The maximum atomic E-state index is 12.0. The van der Waals surface area contributed by atoms with E-state index in [0.29, 0.717) is 12.6 Å². The predicted molar refractivity (Wildman–Crippen MR) is 77.0 cm³/mol. The molecule has 1 saturated heterocycles. The van der Waals surface area contributed by atoms with Gasteiger partial charge in [0.05, 0.1) is 12.6 Å². The highest BCUT2D eigenvalue weighted by atomic mass is 16.2. The van der Waals surface area contributed by atoms with Crippen LogP contribution < -0.4 is 10.6 Å². The van der Waals surface area contributed by atoms with Crippen molar-refractivity contribution in [2.24, 2.45) is 0 Å². The van der Waals surface area contributed by atoms with E-state index in [0.717, 1.165) is 13.1 Å². The van der Waals surface area contributed by atoms with Gasteiger partial charge in [-0.25, -0.2) is 0 Å². The van der Waals surface area contributed by atoms with Gasteiger partial charge in [0, 0.05) is 19.1 Å². The summed E-state index contributed by atoms with van der Waals surface area (Å²) < 4.78 is 0. The Labute approximate surface area is 115 Å². The summed E-state index contributed by atoms with van der Waals surface area (Å²) >= 11 is 0. The average Bonchev–Trinajstić information content (AvgIpc) is 2.26. The lowest BCUT2D eigenvalue weighted by molar-refractivity contribution is -0.123. The summed E-state index contributed by atoms with van der Waals surface area (Å²) in [6.07, 6.45) is 0. The molecule has 1 heterocycles. The van der Waals surface area contributed by atoms with E-state index in [-0.39, 0.29) is 11.9 Å². The third-order valence-corrected chi connectivity index (χ3v) is 3.81. The van der Waals surface area contributed by atoms with Crippen molar-refractivity contribution in [3.8, 4) is 0 Å². The molecule has 0 aliphatic carbocycles. The molecule has 4 heteroatoms. The van der Waals surface area contributed by atoms with Crippen molar-refractivity contribution in [3.63, 3.8) is 0 Å². The Bertz CT molecular complexity index is 443. The molecule has 1 amide bonds. The number of carbonyl (C=O) groups is 1. The quantitative estimate of drug-likeness (QED) is 0.833. The van der Waals surface area contributed by atoms with Crippen molar-refractivity contribution in [1.82, 2.24) is 15.5 Å².